The lowest BCUT2D eigenvalue weighted by molar-refractivity contribution is -0.0855. The molecule has 0 saturated carbocycles. The van der Waals surface area contributed by atoms with Gasteiger partial charge in [-0.15, -0.1) is 0 Å². The predicted octanol–water partition coefficient (Wildman–Crippen LogP) is 0.969. The molecule has 1 aliphatic heterocycles. The number of likely N-dealkylation sites (tertiary alicyclic amines) is 1. The molecule has 0 spiro atoms. The van der Waals surface area contributed by atoms with Crippen LogP contribution in [0.1, 0.15) is 27.7 Å². The Morgan fingerprint density at radius 2 is 2.06 bits per heavy atom. The number of nitrogens with zero attached hydrogens (tertiary/aromatic N) is 1. The Kier molecular flexibility index (Phi) is 4.15. The molecule has 1 aliphatic rings. The van der Waals surface area contributed by atoms with Gasteiger partial charge >= 0.3 is 6.09 Å². The summed E-state index contributed by atoms with van der Waals surface area (Å²) in [6, 6.07) is 0. The van der Waals surface area contributed by atoms with Crippen LogP contribution in [0.15, 0.2) is 0 Å². The molecule has 1 atom stereocenters. The van der Waals surface area contributed by atoms with Gasteiger partial charge in [-0.3, -0.25) is 0 Å². The summed E-state index contributed by atoms with van der Waals surface area (Å²) in [6.45, 7) is 9.19. The fourth-order valence-corrected chi connectivity index (χ4v) is 1.38. The number of hydrogen-bond donors (Lipinski definition) is 1. The Morgan fingerprint density at radius 3 is 2.50 bits per heavy atom. The second-order valence-corrected chi connectivity index (χ2v) is 5.19. The number of carbonyl (C=O) groups excluding carboxylic acids is 1. The Hall–Kier alpha value is -0.810. The van der Waals surface area contributed by atoms with Crippen molar-refractivity contribution in [2.75, 3.05) is 19.6 Å². The Bertz CT molecular complexity index is 244. The SMILES string of the molecule is CC(CN)OC1CN(C(=O)OC(C)(C)C)C1. The van der Waals surface area contributed by atoms with Crippen LogP contribution in [0.3, 0.4) is 0 Å². The van der Waals surface area contributed by atoms with Crippen molar-refractivity contribution < 1.29 is 14.3 Å². The molecule has 1 saturated heterocycles. The Morgan fingerprint density at radius 1 is 1.50 bits per heavy atom. The standard InChI is InChI=1S/C11H22N2O3/c1-8(5-12)15-9-6-13(7-9)10(14)16-11(2,3)4/h8-9H,5-7,12H2,1-4H3. The van der Waals surface area contributed by atoms with Gasteiger partial charge in [0.1, 0.15) is 5.60 Å². The van der Waals surface area contributed by atoms with Crippen molar-refractivity contribution >= 4 is 6.09 Å². The van der Waals surface area contributed by atoms with Crippen molar-refractivity contribution in [3.05, 3.63) is 0 Å². The molecule has 5 heteroatoms. The summed E-state index contributed by atoms with van der Waals surface area (Å²) >= 11 is 0. The molecule has 0 aromatic carbocycles. The number of amides is 1. The van der Waals surface area contributed by atoms with Crippen molar-refractivity contribution in [2.45, 2.75) is 45.5 Å². The largest absolute Gasteiger partial charge is 0.444 e. The van der Waals surface area contributed by atoms with Gasteiger partial charge in [0.2, 0.25) is 0 Å². The number of carbonyl (C=O) groups is 1. The zero-order valence-electron chi connectivity index (χ0n) is 10.5. The minimum Gasteiger partial charge on any atom is -0.444 e. The third-order valence-electron chi connectivity index (χ3n) is 2.26. The van der Waals surface area contributed by atoms with E-state index in [1.54, 1.807) is 4.90 Å². The van der Waals surface area contributed by atoms with Gasteiger partial charge in [0.25, 0.3) is 0 Å². The van der Waals surface area contributed by atoms with Gasteiger partial charge in [-0.2, -0.15) is 0 Å². The average molecular weight is 230 g/mol. The van der Waals surface area contributed by atoms with E-state index < -0.39 is 5.60 Å². The fraction of sp³-hybridized carbons (Fsp3) is 0.909. The molecule has 1 fully saturated rings. The quantitative estimate of drug-likeness (QED) is 0.784. The summed E-state index contributed by atoms with van der Waals surface area (Å²) in [5.74, 6) is 0. The smallest absolute Gasteiger partial charge is 0.410 e. The lowest BCUT2D eigenvalue weighted by atomic mass is 10.1. The van der Waals surface area contributed by atoms with Crippen LogP contribution >= 0.6 is 0 Å². The highest BCUT2D eigenvalue weighted by atomic mass is 16.6. The maximum Gasteiger partial charge on any atom is 0.410 e. The van der Waals surface area contributed by atoms with Crippen LogP contribution in [-0.4, -0.2) is 48.4 Å². The highest BCUT2D eigenvalue weighted by Gasteiger charge is 2.34. The Balaban J connectivity index is 2.23. The van der Waals surface area contributed by atoms with Gasteiger partial charge in [0.15, 0.2) is 0 Å². The predicted molar refractivity (Wildman–Crippen MR) is 61.2 cm³/mol. The van der Waals surface area contributed by atoms with E-state index in [9.17, 15) is 4.79 Å². The number of hydrogen-bond acceptors (Lipinski definition) is 4. The molecule has 94 valence electrons. The molecule has 0 radical (unpaired) electrons. The molecule has 2 N–H and O–H groups in total. The van der Waals surface area contributed by atoms with Crippen molar-refractivity contribution in [1.29, 1.82) is 0 Å². The van der Waals surface area contributed by atoms with Crippen LogP contribution < -0.4 is 5.73 Å². The first-order valence-electron chi connectivity index (χ1n) is 5.65. The molecular formula is C11H22N2O3. The number of rotatable bonds is 3. The molecular weight excluding hydrogens is 208 g/mol. The second kappa shape index (κ2) is 5.01. The molecule has 1 heterocycles. The molecule has 0 aromatic heterocycles. The van der Waals surface area contributed by atoms with Crippen molar-refractivity contribution in [3.63, 3.8) is 0 Å². The van der Waals surface area contributed by atoms with E-state index in [4.69, 9.17) is 15.2 Å². The lowest BCUT2D eigenvalue weighted by Gasteiger charge is -2.40. The van der Waals surface area contributed by atoms with Crippen molar-refractivity contribution in [2.24, 2.45) is 5.73 Å². The maximum absolute atomic E-state index is 11.6. The number of ether oxygens (including phenoxy) is 2. The highest BCUT2D eigenvalue weighted by molar-refractivity contribution is 5.69. The van der Waals surface area contributed by atoms with Crippen LogP contribution in [0.2, 0.25) is 0 Å². The van der Waals surface area contributed by atoms with E-state index in [1.807, 2.05) is 27.7 Å². The van der Waals surface area contributed by atoms with Crippen molar-refractivity contribution in [1.82, 2.24) is 4.90 Å². The van der Waals surface area contributed by atoms with E-state index in [0.717, 1.165) is 0 Å². The topological polar surface area (TPSA) is 64.8 Å². The van der Waals surface area contributed by atoms with Gasteiger partial charge < -0.3 is 20.1 Å². The lowest BCUT2D eigenvalue weighted by Crippen LogP contribution is -2.56. The van der Waals surface area contributed by atoms with Gasteiger partial charge in [-0.1, -0.05) is 0 Å². The first kappa shape index (κ1) is 13.3. The van der Waals surface area contributed by atoms with Crippen molar-refractivity contribution in [3.8, 4) is 0 Å². The summed E-state index contributed by atoms with van der Waals surface area (Å²) in [5.41, 5.74) is 5.01. The summed E-state index contributed by atoms with van der Waals surface area (Å²) in [7, 11) is 0. The van der Waals surface area contributed by atoms with E-state index in [1.165, 1.54) is 0 Å². The average Bonchev–Trinajstić information content (AvgIpc) is 2.06. The molecule has 1 unspecified atom stereocenters. The first-order chi connectivity index (χ1) is 7.31. The van der Waals surface area contributed by atoms with E-state index in [2.05, 4.69) is 0 Å². The Labute approximate surface area is 96.9 Å². The first-order valence-corrected chi connectivity index (χ1v) is 5.65. The zero-order valence-corrected chi connectivity index (χ0v) is 10.5. The second-order valence-electron chi connectivity index (χ2n) is 5.19. The number of nitrogens with two attached hydrogens (primary N) is 1. The van der Waals surface area contributed by atoms with E-state index in [0.29, 0.717) is 19.6 Å². The van der Waals surface area contributed by atoms with Crippen LogP contribution in [0, 0.1) is 0 Å². The molecule has 0 bridgehead atoms. The minimum absolute atomic E-state index is 0.0470. The van der Waals surface area contributed by atoms with Crippen LogP contribution in [0.25, 0.3) is 0 Å². The normalized spacial score (nSPS) is 19.2. The molecule has 5 nitrogen and oxygen atoms in total. The summed E-state index contributed by atoms with van der Waals surface area (Å²) in [5, 5.41) is 0. The third kappa shape index (κ3) is 3.98. The monoisotopic (exact) mass is 230 g/mol. The van der Waals surface area contributed by atoms with Gasteiger partial charge in [-0.25, -0.2) is 4.79 Å². The highest BCUT2D eigenvalue weighted by Crippen LogP contribution is 2.17. The molecule has 0 aliphatic carbocycles. The van der Waals surface area contributed by atoms with Crippen LogP contribution in [0.5, 0.6) is 0 Å². The van der Waals surface area contributed by atoms with Crippen LogP contribution in [-0.2, 0) is 9.47 Å². The third-order valence-corrected chi connectivity index (χ3v) is 2.26. The molecule has 1 rings (SSSR count). The van der Waals surface area contributed by atoms with E-state index >= 15 is 0 Å². The minimum atomic E-state index is -0.437. The van der Waals surface area contributed by atoms with E-state index in [-0.39, 0.29) is 18.3 Å². The van der Waals surface area contributed by atoms with Gasteiger partial charge in [0.05, 0.1) is 25.3 Å². The zero-order chi connectivity index (χ0) is 12.3. The molecule has 1 amide bonds. The van der Waals surface area contributed by atoms with Gasteiger partial charge in [0, 0.05) is 6.54 Å². The summed E-state index contributed by atoms with van der Waals surface area (Å²) < 4.78 is 10.8. The molecule has 16 heavy (non-hydrogen) atoms. The molecule has 0 aromatic rings. The van der Waals surface area contributed by atoms with Gasteiger partial charge in [-0.05, 0) is 27.7 Å². The van der Waals surface area contributed by atoms with Crippen LogP contribution in [0.4, 0.5) is 4.79 Å². The fourth-order valence-electron chi connectivity index (χ4n) is 1.38. The summed E-state index contributed by atoms with van der Waals surface area (Å²) in [6.07, 6.45) is -0.121. The maximum atomic E-state index is 11.6. The summed E-state index contributed by atoms with van der Waals surface area (Å²) in [4.78, 5) is 13.2.